The highest BCUT2D eigenvalue weighted by Gasteiger charge is 2.38. The van der Waals surface area contributed by atoms with E-state index in [1.165, 1.54) is 12.1 Å². The van der Waals surface area contributed by atoms with Crippen LogP contribution in [0.25, 0.3) is 0 Å². The number of fused-ring (bicyclic) bond motifs is 1. The average Bonchev–Trinajstić information content (AvgIpc) is 3.51. The van der Waals surface area contributed by atoms with Crippen LogP contribution < -0.4 is 9.91 Å². The number of hydrogen-bond acceptors (Lipinski definition) is 7. The molecule has 0 radical (unpaired) electrons. The molecule has 39 heavy (non-hydrogen) atoms. The summed E-state index contributed by atoms with van der Waals surface area (Å²) in [6.07, 6.45) is 0.899. The van der Waals surface area contributed by atoms with Crippen molar-refractivity contribution in [2.75, 3.05) is 9.91 Å². The van der Waals surface area contributed by atoms with Crippen molar-refractivity contribution in [3.63, 3.8) is 0 Å². The summed E-state index contributed by atoms with van der Waals surface area (Å²) in [7, 11) is 0. The van der Waals surface area contributed by atoms with E-state index in [1.807, 2.05) is 0 Å². The van der Waals surface area contributed by atoms with E-state index in [2.05, 4.69) is 15.5 Å². The smallest absolute Gasteiger partial charge is 0.329 e. The van der Waals surface area contributed by atoms with Crippen LogP contribution in [0.2, 0.25) is 10.0 Å². The van der Waals surface area contributed by atoms with Crippen LogP contribution in [0.4, 0.5) is 5.69 Å². The summed E-state index contributed by atoms with van der Waals surface area (Å²) in [6, 6.07) is 14.3. The van der Waals surface area contributed by atoms with Crippen LogP contribution in [0.15, 0.2) is 67.0 Å². The number of rotatable bonds is 7. The number of amides is 3. The maximum Gasteiger partial charge on any atom is 0.329 e. The van der Waals surface area contributed by atoms with Crippen LogP contribution in [-0.4, -0.2) is 55.2 Å². The van der Waals surface area contributed by atoms with Gasteiger partial charge in [-0.1, -0.05) is 53.5 Å². The second-order valence-electron chi connectivity index (χ2n) is 8.64. The molecule has 0 aliphatic carbocycles. The molecule has 1 aliphatic rings. The molecule has 0 saturated carbocycles. The quantitative estimate of drug-likeness (QED) is 0.336. The van der Waals surface area contributed by atoms with Crippen molar-refractivity contribution < 1.29 is 24.3 Å². The van der Waals surface area contributed by atoms with Gasteiger partial charge in [-0.15, -0.1) is 9.89 Å². The molecule has 1 atom stereocenters. The molecule has 0 spiro atoms. The molecule has 0 fully saturated rings. The Morgan fingerprint density at radius 1 is 0.974 bits per heavy atom. The monoisotopic (exact) mass is 564 g/mol. The van der Waals surface area contributed by atoms with Gasteiger partial charge < -0.3 is 5.11 Å². The van der Waals surface area contributed by atoms with Crippen molar-refractivity contribution in [3.8, 4) is 0 Å². The first-order valence-corrected chi connectivity index (χ1v) is 12.3. The standard InChI is InChI=1S/C26H18Cl2N6O5/c1-14-4-2-5-17-21(14)24(36)33(23(17)35)16-10-8-15(9-11-16)12-20(26(38)39)34(32-13-29-30-31-32)25(37)22-18(27)6-3-7-19(22)28/h2-11,13,20H,12H2,1H3,(H,38,39)/t20-/m0/s1. The van der Waals surface area contributed by atoms with Crippen LogP contribution in [0.5, 0.6) is 0 Å². The number of carboxylic acids is 1. The summed E-state index contributed by atoms with van der Waals surface area (Å²) < 4.78 is 0. The lowest BCUT2D eigenvalue weighted by atomic mass is 10.0. The molecule has 4 aromatic rings. The number of anilines is 1. The molecule has 1 N–H and O–H groups in total. The third kappa shape index (κ3) is 4.62. The first-order valence-electron chi connectivity index (χ1n) is 11.5. The van der Waals surface area contributed by atoms with Gasteiger partial charge in [-0.25, -0.2) is 14.7 Å². The number of imide groups is 1. The zero-order chi connectivity index (χ0) is 27.8. The van der Waals surface area contributed by atoms with E-state index < -0.39 is 29.7 Å². The minimum Gasteiger partial charge on any atom is -0.480 e. The molecule has 3 amide bonds. The van der Waals surface area contributed by atoms with Crippen molar-refractivity contribution in [2.24, 2.45) is 0 Å². The molecule has 5 rings (SSSR count). The van der Waals surface area contributed by atoms with E-state index in [1.54, 1.807) is 55.5 Å². The summed E-state index contributed by atoms with van der Waals surface area (Å²) in [5, 5.41) is 21.8. The lowest BCUT2D eigenvalue weighted by molar-refractivity contribution is -0.139. The summed E-state index contributed by atoms with van der Waals surface area (Å²) in [6.45, 7) is 1.76. The number of aromatic nitrogens is 4. The SMILES string of the molecule is Cc1cccc2c1C(=O)N(c1ccc(C[C@@H](C(=O)O)N(C(=O)c3c(Cl)cccc3Cl)n3cnnn3)cc1)C2=O. The predicted molar refractivity (Wildman–Crippen MR) is 141 cm³/mol. The van der Waals surface area contributed by atoms with E-state index in [0.717, 1.165) is 21.0 Å². The van der Waals surface area contributed by atoms with E-state index >= 15 is 0 Å². The van der Waals surface area contributed by atoms with Gasteiger partial charge in [-0.2, -0.15) is 0 Å². The normalized spacial score (nSPS) is 13.4. The lowest BCUT2D eigenvalue weighted by Crippen LogP contribution is -2.53. The minimum atomic E-state index is -1.49. The molecule has 1 aliphatic heterocycles. The fraction of sp³-hybridized carbons (Fsp3) is 0.115. The number of aliphatic carboxylic acids is 1. The molecule has 1 aromatic heterocycles. The van der Waals surface area contributed by atoms with Crippen LogP contribution in [0, 0.1) is 6.92 Å². The van der Waals surface area contributed by atoms with Gasteiger partial charge in [0.2, 0.25) is 0 Å². The minimum absolute atomic E-state index is 0.0234. The van der Waals surface area contributed by atoms with E-state index in [4.69, 9.17) is 23.2 Å². The Morgan fingerprint density at radius 3 is 2.23 bits per heavy atom. The lowest BCUT2D eigenvalue weighted by Gasteiger charge is -2.28. The Balaban J connectivity index is 1.46. The first kappa shape index (κ1) is 26.0. The zero-order valence-corrected chi connectivity index (χ0v) is 21.7. The molecule has 0 unspecified atom stereocenters. The molecular weight excluding hydrogens is 547 g/mol. The topological polar surface area (TPSA) is 139 Å². The zero-order valence-electron chi connectivity index (χ0n) is 20.2. The number of nitrogens with zero attached hydrogens (tertiary/aromatic N) is 6. The number of hydrogen-bond donors (Lipinski definition) is 1. The Morgan fingerprint density at radius 2 is 1.64 bits per heavy atom. The number of carbonyl (C=O) groups is 4. The van der Waals surface area contributed by atoms with Crippen molar-refractivity contribution in [2.45, 2.75) is 19.4 Å². The third-order valence-electron chi connectivity index (χ3n) is 6.27. The van der Waals surface area contributed by atoms with E-state index in [9.17, 15) is 24.3 Å². The Hall–Kier alpha value is -4.61. The number of tetrazole rings is 1. The summed E-state index contributed by atoms with van der Waals surface area (Å²) >= 11 is 12.4. The summed E-state index contributed by atoms with van der Waals surface area (Å²) in [5.41, 5.74) is 2.08. The molecule has 3 aromatic carbocycles. The maximum atomic E-state index is 13.6. The Bertz CT molecular complexity index is 1600. The van der Waals surface area contributed by atoms with Crippen LogP contribution in [-0.2, 0) is 11.2 Å². The highest BCUT2D eigenvalue weighted by Crippen LogP contribution is 2.31. The van der Waals surface area contributed by atoms with Gasteiger partial charge in [0.1, 0.15) is 0 Å². The molecule has 11 nitrogen and oxygen atoms in total. The second-order valence-corrected chi connectivity index (χ2v) is 9.46. The number of aryl methyl sites for hydroxylation is 1. The second kappa shape index (κ2) is 10.3. The number of carboxylic acid groups (broad SMARTS) is 1. The van der Waals surface area contributed by atoms with Crippen LogP contribution >= 0.6 is 23.2 Å². The van der Waals surface area contributed by atoms with Gasteiger partial charge in [-0.05, 0) is 58.8 Å². The van der Waals surface area contributed by atoms with Gasteiger partial charge in [0.25, 0.3) is 17.7 Å². The van der Waals surface area contributed by atoms with Gasteiger partial charge in [-0.3, -0.25) is 14.4 Å². The molecule has 0 saturated heterocycles. The van der Waals surface area contributed by atoms with E-state index in [0.29, 0.717) is 27.9 Å². The van der Waals surface area contributed by atoms with Crippen LogP contribution in [0.1, 0.15) is 42.2 Å². The van der Waals surface area contributed by atoms with Crippen LogP contribution in [0.3, 0.4) is 0 Å². The number of benzene rings is 3. The van der Waals surface area contributed by atoms with Gasteiger partial charge in [0.15, 0.2) is 12.4 Å². The molecule has 2 heterocycles. The Kier molecular flexibility index (Phi) is 6.85. The summed E-state index contributed by atoms with van der Waals surface area (Å²) in [4.78, 5) is 53.9. The van der Waals surface area contributed by atoms with Crippen molar-refractivity contribution >= 4 is 52.6 Å². The number of halogens is 2. The van der Waals surface area contributed by atoms with Crippen molar-refractivity contribution in [3.05, 3.63) is 105 Å². The van der Waals surface area contributed by atoms with Crippen molar-refractivity contribution in [1.29, 1.82) is 0 Å². The fourth-order valence-electron chi connectivity index (χ4n) is 4.42. The predicted octanol–water partition coefficient (Wildman–Crippen LogP) is 3.56. The molecular formula is C26H18Cl2N6O5. The molecule has 13 heteroatoms. The van der Waals surface area contributed by atoms with Gasteiger partial charge in [0, 0.05) is 6.42 Å². The average molecular weight is 565 g/mol. The Labute approximate surface area is 231 Å². The highest BCUT2D eigenvalue weighted by molar-refractivity contribution is 6.40. The molecule has 196 valence electrons. The largest absolute Gasteiger partial charge is 0.480 e. The summed E-state index contributed by atoms with van der Waals surface area (Å²) in [5.74, 6) is -3.05. The first-order chi connectivity index (χ1) is 18.7. The maximum absolute atomic E-state index is 13.6. The molecule has 0 bridgehead atoms. The van der Waals surface area contributed by atoms with Gasteiger partial charge in [0.05, 0.1) is 32.4 Å². The fourth-order valence-corrected chi connectivity index (χ4v) is 4.98. The number of carbonyl (C=O) groups excluding carboxylic acids is 3. The van der Waals surface area contributed by atoms with E-state index in [-0.39, 0.29) is 22.0 Å². The highest BCUT2D eigenvalue weighted by atomic mass is 35.5. The van der Waals surface area contributed by atoms with Gasteiger partial charge >= 0.3 is 5.97 Å². The van der Waals surface area contributed by atoms with Crippen molar-refractivity contribution in [1.82, 2.24) is 20.3 Å². The third-order valence-corrected chi connectivity index (χ3v) is 6.90.